The van der Waals surface area contributed by atoms with Gasteiger partial charge in [-0.3, -0.25) is 10.3 Å². The number of benzene rings is 1. The maximum absolute atomic E-state index is 6.18. The highest BCUT2D eigenvalue weighted by atomic mass is 35.6. The van der Waals surface area contributed by atoms with E-state index in [1.165, 1.54) is 5.56 Å². The van der Waals surface area contributed by atoms with Crippen molar-refractivity contribution < 1.29 is 4.74 Å². The van der Waals surface area contributed by atoms with E-state index in [0.717, 1.165) is 12.1 Å². The van der Waals surface area contributed by atoms with E-state index in [9.17, 15) is 0 Å². The van der Waals surface area contributed by atoms with Crippen molar-refractivity contribution in [3.05, 3.63) is 60.4 Å². The number of nitrogens with one attached hydrogen (secondary N) is 3. The molecule has 5 nitrogen and oxygen atoms in total. The van der Waals surface area contributed by atoms with Crippen molar-refractivity contribution in [2.45, 2.75) is 28.3 Å². The number of aromatic nitrogens is 1. The lowest BCUT2D eigenvalue weighted by Crippen LogP contribution is -2.59. The van der Waals surface area contributed by atoms with Crippen LogP contribution in [0.5, 0.6) is 0 Å². The van der Waals surface area contributed by atoms with E-state index in [0.29, 0.717) is 18.3 Å². The highest BCUT2D eigenvalue weighted by molar-refractivity contribution is 7.80. The largest absolute Gasteiger partial charge is 0.379 e. The third-order valence-corrected chi connectivity index (χ3v) is 5.28. The van der Waals surface area contributed by atoms with Crippen LogP contribution in [-0.4, -0.2) is 39.3 Å². The van der Waals surface area contributed by atoms with E-state index in [1.807, 2.05) is 24.3 Å². The molecule has 1 aromatic heterocycles. The van der Waals surface area contributed by atoms with Crippen LogP contribution in [0, 0.1) is 0 Å². The Morgan fingerprint density at radius 2 is 1.93 bits per heavy atom. The van der Waals surface area contributed by atoms with Crippen molar-refractivity contribution in [3.63, 3.8) is 0 Å². The number of hydrogen-bond acceptors (Lipinski definition) is 4. The van der Waals surface area contributed by atoms with E-state index in [-0.39, 0.29) is 12.0 Å². The second kappa shape index (κ2) is 10.1. The quantitative estimate of drug-likeness (QED) is 0.353. The Bertz CT molecular complexity index is 761. The number of rotatable bonds is 5. The first-order valence-electron chi connectivity index (χ1n) is 8.85. The molecule has 0 radical (unpaired) electrons. The molecule has 2 aromatic rings. The first kappa shape index (κ1) is 21.6. The molecule has 9 heteroatoms. The fraction of sp³-hybridized carbons (Fsp3) is 0.368. The summed E-state index contributed by atoms with van der Waals surface area (Å²) in [6.07, 6.45) is 3.51. The second-order valence-electron chi connectivity index (χ2n) is 6.56. The molecule has 0 saturated carbocycles. The van der Waals surface area contributed by atoms with Crippen LogP contribution in [0.2, 0.25) is 0 Å². The zero-order valence-corrected chi connectivity index (χ0v) is 18.0. The summed E-state index contributed by atoms with van der Waals surface area (Å²) in [5.74, 6) is 0.281. The summed E-state index contributed by atoms with van der Waals surface area (Å²) >= 11 is 23.9. The molecule has 3 N–H and O–H groups in total. The number of ether oxygens (including phenoxy) is 1. The molecular weight excluding hydrogens is 439 g/mol. The van der Waals surface area contributed by atoms with Crippen LogP contribution in [0.15, 0.2) is 54.9 Å². The summed E-state index contributed by atoms with van der Waals surface area (Å²) in [5.41, 5.74) is 1.98. The predicted molar refractivity (Wildman–Crippen MR) is 119 cm³/mol. The molecule has 28 heavy (non-hydrogen) atoms. The highest BCUT2D eigenvalue weighted by Gasteiger charge is 2.36. The number of hydrogen-bond donors (Lipinski definition) is 3. The monoisotopic (exact) mass is 458 g/mol. The van der Waals surface area contributed by atoms with Gasteiger partial charge in [-0.15, -0.1) is 0 Å². The van der Waals surface area contributed by atoms with Gasteiger partial charge in [-0.25, -0.2) is 0 Å². The smallest absolute Gasteiger partial charge is 0.223 e. The minimum Gasteiger partial charge on any atom is -0.379 e. The molecule has 1 saturated heterocycles. The average Bonchev–Trinajstić information content (AvgIpc) is 2.68. The summed E-state index contributed by atoms with van der Waals surface area (Å²) in [6, 6.07) is 13.9. The summed E-state index contributed by atoms with van der Waals surface area (Å²) in [7, 11) is 0. The molecule has 1 aliphatic heterocycles. The molecular formula is C19H21Cl3N4OS. The summed E-state index contributed by atoms with van der Waals surface area (Å²) in [6.45, 7) is 1.21. The average molecular weight is 460 g/mol. The zero-order valence-electron chi connectivity index (χ0n) is 14.9. The van der Waals surface area contributed by atoms with E-state index >= 15 is 0 Å². The molecule has 0 spiro atoms. The first-order valence-corrected chi connectivity index (χ1v) is 10.4. The van der Waals surface area contributed by atoms with Crippen LogP contribution in [0.25, 0.3) is 0 Å². The Morgan fingerprint density at radius 1 is 1.14 bits per heavy atom. The highest BCUT2D eigenvalue weighted by Crippen LogP contribution is 2.31. The zero-order chi connectivity index (χ0) is 20.0. The van der Waals surface area contributed by atoms with Gasteiger partial charge in [0.25, 0.3) is 0 Å². The van der Waals surface area contributed by atoms with E-state index in [1.54, 1.807) is 18.5 Å². The molecule has 3 unspecified atom stereocenters. The number of pyridine rings is 1. The van der Waals surface area contributed by atoms with Gasteiger partial charge in [0, 0.05) is 18.2 Å². The van der Waals surface area contributed by atoms with Gasteiger partial charge < -0.3 is 15.4 Å². The number of alkyl halides is 3. The number of thiocarbonyl (C=S) groups is 1. The number of halogens is 3. The number of nitrogens with zero attached hydrogens (tertiary/aromatic N) is 1. The SMILES string of the molecule is S=C(Nc1cccnc1)NC(NC1COCC(c2ccccc2)C1)C(Cl)(Cl)Cl. The molecule has 0 bridgehead atoms. The van der Waals surface area contributed by atoms with E-state index in [4.69, 9.17) is 51.8 Å². The molecule has 3 rings (SSSR count). The van der Waals surface area contributed by atoms with E-state index < -0.39 is 9.96 Å². The maximum atomic E-state index is 6.18. The third-order valence-electron chi connectivity index (χ3n) is 4.40. The van der Waals surface area contributed by atoms with Crippen LogP contribution in [0.1, 0.15) is 17.9 Å². The van der Waals surface area contributed by atoms with Crippen LogP contribution < -0.4 is 16.0 Å². The molecule has 1 aromatic carbocycles. The molecule has 150 valence electrons. The predicted octanol–water partition coefficient (Wildman–Crippen LogP) is 4.23. The Morgan fingerprint density at radius 3 is 2.61 bits per heavy atom. The van der Waals surface area contributed by atoms with Crippen LogP contribution in [-0.2, 0) is 4.74 Å². The molecule has 0 amide bonds. The fourth-order valence-corrected chi connectivity index (χ4v) is 3.68. The van der Waals surface area contributed by atoms with Crippen molar-refractivity contribution >= 4 is 57.8 Å². The molecule has 2 heterocycles. The standard InChI is InChI=1S/C19H21Cl3N4OS/c20-19(21,22)17(26-18(28)25-15-7-4-8-23-10-15)24-16-9-14(11-27-12-16)13-5-2-1-3-6-13/h1-8,10,14,16-17,24H,9,11-12H2,(H2,25,26,28). The Labute approximate surface area is 185 Å². The van der Waals surface area contributed by atoms with Gasteiger partial charge in [0.15, 0.2) is 5.11 Å². The van der Waals surface area contributed by atoms with Crippen molar-refractivity contribution in [1.82, 2.24) is 15.6 Å². The van der Waals surface area contributed by atoms with Crippen molar-refractivity contribution in [2.75, 3.05) is 18.5 Å². The van der Waals surface area contributed by atoms with Gasteiger partial charge in [0.1, 0.15) is 6.17 Å². The van der Waals surface area contributed by atoms with Gasteiger partial charge in [0.2, 0.25) is 3.79 Å². The third kappa shape index (κ3) is 6.44. The topological polar surface area (TPSA) is 58.2 Å². The van der Waals surface area contributed by atoms with Gasteiger partial charge in [0.05, 0.1) is 25.1 Å². The summed E-state index contributed by atoms with van der Waals surface area (Å²) < 4.78 is 4.18. The van der Waals surface area contributed by atoms with Crippen LogP contribution >= 0.6 is 47.0 Å². The number of anilines is 1. The lowest BCUT2D eigenvalue weighted by atomic mass is 9.91. The molecule has 0 aliphatic carbocycles. The van der Waals surface area contributed by atoms with Crippen molar-refractivity contribution in [3.8, 4) is 0 Å². The Balaban J connectivity index is 1.61. The van der Waals surface area contributed by atoms with Crippen molar-refractivity contribution in [2.24, 2.45) is 0 Å². The lowest BCUT2D eigenvalue weighted by Gasteiger charge is -2.36. The molecule has 3 atom stereocenters. The van der Waals surface area contributed by atoms with Crippen molar-refractivity contribution in [1.29, 1.82) is 0 Å². The summed E-state index contributed by atoms with van der Waals surface area (Å²) in [5, 5.41) is 9.73. The minimum absolute atomic E-state index is 0.00766. The van der Waals surface area contributed by atoms with Crippen LogP contribution in [0.4, 0.5) is 5.69 Å². The van der Waals surface area contributed by atoms with Gasteiger partial charge in [-0.05, 0) is 36.3 Å². The Hall–Kier alpha value is -1.15. The normalized spacial score (nSPS) is 21.0. The lowest BCUT2D eigenvalue weighted by molar-refractivity contribution is 0.0505. The van der Waals surface area contributed by atoms with Gasteiger partial charge >= 0.3 is 0 Å². The van der Waals surface area contributed by atoms with Crippen LogP contribution in [0.3, 0.4) is 0 Å². The van der Waals surface area contributed by atoms with E-state index in [2.05, 4.69) is 33.1 Å². The Kier molecular flexibility index (Phi) is 7.74. The minimum atomic E-state index is -1.61. The molecule has 1 aliphatic rings. The molecule has 1 fully saturated rings. The second-order valence-corrected chi connectivity index (χ2v) is 9.34. The van der Waals surface area contributed by atoms with Gasteiger partial charge in [-0.1, -0.05) is 65.1 Å². The maximum Gasteiger partial charge on any atom is 0.223 e. The first-order chi connectivity index (χ1) is 13.4. The van der Waals surface area contributed by atoms with Gasteiger partial charge in [-0.2, -0.15) is 0 Å². The fourth-order valence-electron chi connectivity index (χ4n) is 3.09. The summed E-state index contributed by atoms with van der Waals surface area (Å²) in [4.78, 5) is 4.04.